The molecule has 1 heterocycles. The maximum absolute atomic E-state index is 13.6. The highest BCUT2D eigenvalue weighted by Crippen LogP contribution is 2.15. The summed E-state index contributed by atoms with van der Waals surface area (Å²) >= 11 is 6.01. The molecule has 0 unspecified atom stereocenters. The third kappa shape index (κ3) is 4.68. The highest BCUT2D eigenvalue weighted by molar-refractivity contribution is 6.30. The van der Waals surface area contributed by atoms with Crippen LogP contribution >= 0.6 is 11.6 Å². The van der Waals surface area contributed by atoms with Gasteiger partial charge in [-0.3, -0.25) is 9.69 Å². The van der Waals surface area contributed by atoms with Gasteiger partial charge in [0.2, 0.25) is 0 Å². The first kappa shape index (κ1) is 18.5. The minimum absolute atomic E-state index is 0.511. The number of nitrogens with zero attached hydrogens (tertiary/aromatic N) is 2. The van der Waals surface area contributed by atoms with Crippen molar-refractivity contribution >= 4 is 17.4 Å². The third-order valence-electron chi connectivity index (χ3n) is 4.35. The summed E-state index contributed by atoms with van der Waals surface area (Å²) in [5.74, 6) is -2.35. The molecule has 0 aliphatic carbocycles. The fraction of sp³-hybridized carbons (Fsp3) is 0.250. The molecule has 0 atom stereocenters. The molecule has 1 aliphatic heterocycles. The summed E-state index contributed by atoms with van der Waals surface area (Å²) in [5, 5.41) is 0.725. The lowest BCUT2D eigenvalue weighted by molar-refractivity contribution is 0.103. The lowest BCUT2D eigenvalue weighted by Gasteiger charge is -2.34. The molecule has 1 saturated heterocycles. The van der Waals surface area contributed by atoms with E-state index in [4.69, 9.17) is 11.6 Å². The van der Waals surface area contributed by atoms with Crippen LogP contribution in [-0.2, 0) is 6.54 Å². The fourth-order valence-corrected chi connectivity index (χ4v) is 3.17. The lowest BCUT2D eigenvalue weighted by Crippen LogP contribution is -2.43. The van der Waals surface area contributed by atoms with E-state index in [1.165, 1.54) is 12.1 Å². The van der Waals surface area contributed by atoms with E-state index in [2.05, 4.69) is 4.90 Å². The molecule has 0 saturated carbocycles. The molecule has 1 aliphatic rings. The molecule has 0 N–H and O–H groups in total. The van der Waals surface area contributed by atoms with Gasteiger partial charge in [0.25, 0.3) is 0 Å². The quantitative estimate of drug-likeness (QED) is 0.579. The van der Waals surface area contributed by atoms with Gasteiger partial charge in [-0.2, -0.15) is 0 Å². The number of ketones is 1. The van der Waals surface area contributed by atoms with E-state index < -0.39 is 23.0 Å². The van der Waals surface area contributed by atoms with Gasteiger partial charge < -0.3 is 4.90 Å². The van der Waals surface area contributed by atoms with Gasteiger partial charge in [-0.1, -0.05) is 29.8 Å². The normalized spacial score (nSPS) is 15.6. The smallest absolute Gasteiger partial charge is 0.193 e. The van der Waals surface area contributed by atoms with Gasteiger partial charge in [0, 0.05) is 50.0 Å². The minimum Gasteiger partial charge on any atom is -0.375 e. The highest BCUT2D eigenvalue weighted by atomic mass is 35.5. The van der Waals surface area contributed by atoms with Crippen LogP contribution in [0.4, 0.5) is 8.78 Å². The van der Waals surface area contributed by atoms with Crippen LogP contribution in [0.15, 0.2) is 54.7 Å². The van der Waals surface area contributed by atoms with E-state index in [0.717, 1.165) is 55.4 Å². The maximum atomic E-state index is 13.6. The summed E-state index contributed by atoms with van der Waals surface area (Å²) in [5.41, 5.74) is 0.648. The number of rotatable bonds is 5. The summed E-state index contributed by atoms with van der Waals surface area (Å²) in [7, 11) is 0. The lowest BCUT2D eigenvalue weighted by atomic mass is 10.1. The van der Waals surface area contributed by atoms with Gasteiger partial charge in [-0.05, 0) is 29.8 Å². The summed E-state index contributed by atoms with van der Waals surface area (Å²) in [6.45, 7) is 3.96. The molecular formula is C20H19ClF2N2O. The Hall–Kier alpha value is -2.24. The van der Waals surface area contributed by atoms with Crippen molar-refractivity contribution in [2.75, 3.05) is 26.2 Å². The second kappa shape index (κ2) is 8.43. The van der Waals surface area contributed by atoms with Crippen LogP contribution in [0.25, 0.3) is 0 Å². The Bertz CT molecular complexity index is 797. The Balaban J connectivity index is 1.53. The second-order valence-electron chi connectivity index (χ2n) is 6.22. The van der Waals surface area contributed by atoms with Gasteiger partial charge in [-0.25, -0.2) is 8.78 Å². The number of carbonyl (C=O) groups is 1. The predicted molar refractivity (Wildman–Crippen MR) is 98.1 cm³/mol. The summed E-state index contributed by atoms with van der Waals surface area (Å²) in [6, 6.07) is 11.2. The van der Waals surface area contributed by atoms with Crippen LogP contribution in [0.1, 0.15) is 15.9 Å². The zero-order valence-electron chi connectivity index (χ0n) is 14.2. The van der Waals surface area contributed by atoms with Crippen molar-refractivity contribution in [1.29, 1.82) is 0 Å². The van der Waals surface area contributed by atoms with Crippen LogP contribution in [0, 0.1) is 11.6 Å². The van der Waals surface area contributed by atoms with Crippen molar-refractivity contribution in [2.24, 2.45) is 0 Å². The first-order valence-electron chi connectivity index (χ1n) is 8.40. The summed E-state index contributed by atoms with van der Waals surface area (Å²) < 4.78 is 27.3. The molecule has 0 aromatic heterocycles. The van der Waals surface area contributed by atoms with E-state index in [1.807, 2.05) is 29.2 Å². The van der Waals surface area contributed by atoms with Crippen molar-refractivity contribution in [1.82, 2.24) is 9.80 Å². The Morgan fingerprint density at radius 2 is 1.69 bits per heavy atom. The van der Waals surface area contributed by atoms with E-state index >= 15 is 0 Å². The number of allylic oxidation sites excluding steroid dienone is 1. The molecule has 0 radical (unpaired) electrons. The van der Waals surface area contributed by atoms with Gasteiger partial charge in [0.15, 0.2) is 5.78 Å². The molecule has 6 heteroatoms. The third-order valence-corrected chi connectivity index (χ3v) is 4.58. The summed E-state index contributed by atoms with van der Waals surface area (Å²) in [6.07, 6.45) is 2.85. The number of halogens is 3. The molecule has 2 aromatic rings. The Morgan fingerprint density at radius 3 is 2.35 bits per heavy atom. The topological polar surface area (TPSA) is 23.6 Å². The highest BCUT2D eigenvalue weighted by Gasteiger charge is 2.17. The van der Waals surface area contributed by atoms with Crippen LogP contribution < -0.4 is 0 Å². The van der Waals surface area contributed by atoms with Crippen LogP contribution in [0.5, 0.6) is 0 Å². The molecule has 26 heavy (non-hydrogen) atoms. The average molecular weight is 377 g/mol. The number of carbonyl (C=O) groups excluding carboxylic acids is 1. The van der Waals surface area contributed by atoms with Crippen LogP contribution in [0.3, 0.4) is 0 Å². The molecular weight excluding hydrogens is 358 g/mol. The molecule has 1 fully saturated rings. The molecule has 0 spiro atoms. The van der Waals surface area contributed by atoms with Gasteiger partial charge in [0.05, 0.1) is 5.56 Å². The summed E-state index contributed by atoms with van der Waals surface area (Å²) in [4.78, 5) is 16.3. The van der Waals surface area contributed by atoms with E-state index in [-0.39, 0.29) is 0 Å². The van der Waals surface area contributed by atoms with Crippen molar-refractivity contribution in [3.05, 3.63) is 82.5 Å². The zero-order valence-corrected chi connectivity index (χ0v) is 14.9. The largest absolute Gasteiger partial charge is 0.375 e. The molecule has 0 amide bonds. The first-order chi connectivity index (χ1) is 12.5. The maximum Gasteiger partial charge on any atom is 0.193 e. The fourth-order valence-electron chi connectivity index (χ4n) is 2.95. The average Bonchev–Trinajstić information content (AvgIpc) is 2.61. The molecule has 3 rings (SSSR count). The van der Waals surface area contributed by atoms with Gasteiger partial charge in [0.1, 0.15) is 11.6 Å². The van der Waals surface area contributed by atoms with Gasteiger partial charge in [-0.15, -0.1) is 0 Å². The predicted octanol–water partition coefficient (Wildman–Crippen LogP) is 4.13. The Labute approximate surface area is 156 Å². The van der Waals surface area contributed by atoms with E-state index in [9.17, 15) is 13.6 Å². The number of benzene rings is 2. The van der Waals surface area contributed by atoms with E-state index in [0.29, 0.717) is 0 Å². The van der Waals surface area contributed by atoms with Crippen molar-refractivity contribution < 1.29 is 13.6 Å². The molecule has 0 bridgehead atoms. The van der Waals surface area contributed by atoms with Crippen molar-refractivity contribution in [3.63, 3.8) is 0 Å². The monoisotopic (exact) mass is 376 g/mol. The zero-order chi connectivity index (χ0) is 18.5. The molecule has 3 nitrogen and oxygen atoms in total. The Morgan fingerprint density at radius 1 is 1.04 bits per heavy atom. The molecule has 136 valence electrons. The molecule has 2 aromatic carbocycles. The van der Waals surface area contributed by atoms with Gasteiger partial charge >= 0.3 is 0 Å². The van der Waals surface area contributed by atoms with Crippen LogP contribution in [0.2, 0.25) is 5.02 Å². The minimum atomic E-state index is -0.842. The number of hydrogen-bond donors (Lipinski definition) is 0. The van der Waals surface area contributed by atoms with Crippen LogP contribution in [-0.4, -0.2) is 41.8 Å². The standard InChI is InChI=1S/C20H19ClF2N2O/c21-16-4-1-3-15(13-16)14-25-11-9-24(10-12-25)8-7-19(26)20-17(22)5-2-6-18(20)23/h1-8,13H,9-12,14H2. The number of hydrogen-bond acceptors (Lipinski definition) is 3. The first-order valence-corrected chi connectivity index (χ1v) is 8.78. The van der Waals surface area contributed by atoms with E-state index in [1.54, 1.807) is 6.20 Å². The SMILES string of the molecule is O=C(C=CN1CCN(Cc2cccc(Cl)c2)CC1)c1c(F)cccc1F. The van der Waals surface area contributed by atoms with Crippen molar-refractivity contribution in [2.45, 2.75) is 6.54 Å². The van der Waals surface area contributed by atoms with Crippen molar-refractivity contribution in [3.8, 4) is 0 Å². The second-order valence-corrected chi connectivity index (χ2v) is 6.66. The Kier molecular flexibility index (Phi) is 6.01. The number of piperazine rings is 1.